The molecule has 150 valence electrons. The van der Waals surface area contributed by atoms with Gasteiger partial charge < -0.3 is 9.64 Å². The van der Waals surface area contributed by atoms with E-state index >= 15 is 0 Å². The largest absolute Gasteiger partial charge is 0.457 e. The van der Waals surface area contributed by atoms with Crippen molar-refractivity contribution in [2.75, 3.05) is 6.54 Å². The first-order valence-corrected chi connectivity index (χ1v) is 11.4. The Kier molecular flexibility index (Phi) is 4.01. The van der Waals surface area contributed by atoms with Crippen LogP contribution in [0.4, 0.5) is 0 Å². The highest BCUT2D eigenvalue weighted by molar-refractivity contribution is 5.81. The van der Waals surface area contributed by atoms with Crippen LogP contribution >= 0.6 is 0 Å². The Morgan fingerprint density at radius 3 is 2.66 bits per heavy atom. The van der Waals surface area contributed by atoms with Crippen LogP contribution in [0.25, 0.3) is 0 Å². The summed E-state index contributed by atoms with van der Waals surface area (Å²) in [4.78, 5) is 15.3. The molecule has 0 radical (unpaired) electrons. The number of carbonyl (C=O) groups is 1. The smallest absolute Gasteiger partial charge is 0.225 e. The lowest BCUT2D eigenvalue weighted by Gasteiger charge is -2.59. The third kappa shape index (κ3) is 2.81. The molecule has 0 N–H and O–H groups in total. The first kappa shape index (κ1) is 17.6. The molecule has 0 unspecified atom stereocenters. The molecule has 1 saturated heterocycles. The zero-order chi connectivity index (χ0) is 19.4. The first-order valence-electron chi connectivity index (χ1n) is 11.4. The molecule has 3 aliphatic carbocycles. The Morgan fingerprint density at radius 2 is 1.83 bits per heavy atom. The zero-order valence-corrected chi connectivity index (χ0v) is 17.0. The van der Waals surface area contributed by atoms with E-state index < -0.39 is 0 Å². The summed E-state index contributed by atoms with van der Waals surface area (Å²) in [6.07, 6.45) is 9.50. The van der Waals surface area contributed by atoms with Gasteiger partial charge in [0.2, 0.25) is 5.91 Å². The predicted octanol–water partition coefficient (Wildman–Crippen LogP) is 5.47. The second kappa shape index (κ2) is 6.62. The number of para-hydroxylation sites is 1. The molecule has 2 aromatic carbocycles. The van der Waals surface area contributed by atoms with Gasteiger partial charge in [-0.1, -0.05) is 37.1 Å². The molecule has 29 heavy (non-hydrogen) atoms. The summed E-state index contributed by atoms with van der Waals surface area (Å²) in [5.41, 5.74) is 3.21. The van der Waals surface area contributed by atoms with Gasteiger partial charge >= 0.3 is 0 Å². The maximum atomic E-state index is 13.0. The number of hydrogen-bond donors (Lipinski definition) is 0. The summed E-state index contributed by atoms with van der Waals surface area (Å²) in [5, 5.41) is 0. The molecule has 2 bridgehead atoms. The van der Waals surface area contributed by atoms with E-state index in [0.29, 0.717) is 23.8 Å². The number of ether oxygens (including phenoxy) is 1. The lowest BCUT2D eigenvalue weighted by molar-refractivity contribution is -0.142. The van der Waals surface area contributed by atoms with Crippen LogP contribution in [0.5, 0.6) is 11.5 Å². The van der Waals surface area contributed by atoms with Gasteiger partial charge in [0.1, 0.15) is 11.5 Å². The molecule has 3 atom stereocenters. The number of hydrogen-bond acceptors (Lipinski definition) is 2. The molecule has 6 rings (SSSR count). The van der Waals surface area contributed by atoms with E-state index in [-0.39, 0.29) is 5.41 Å². The van der Waals surface area contributed by atoms with E-state index in [1.165, 1.54) is 36.8 Å². The van der Waals surface area contributed by atoms with Crippen LogP contribution in [0.1, 0.15) is 56.1 Å². The molecular formula is C26H29NO2. The molecule has 2 saturated carbocycles. The van der Waals surface area contributed by atoms with Crippen molar-refractivity contribution < 1.29 is 9.53 Å². The van der Waals surface area contributed by atoms with E-state index in [9.17, 15) is 4.79 Å². The summed E-state index contributed by atoms with van der Waals surface area (Å²) in [6.45, 7) is 0.944. The molecule has 3 nitrogen and oxygen atoms in total. The number of likely N-dealkylation sites (tertiary alicyclic amines) is 1. The van der Waals surface area contributed by atoms with Crippen LogP contribution in [0, 0.1) is 11.8 Å². The SMILES string of the molecule is O=C(C1CC1)N1CC[C@]23CCCC[C@H]2[C@H]1Cc1ccc(Oc2ccccc2)cc13. The number of nitrogens with zero attached hydrogens (tertiary/aromatic N) is 1. The van der Waals surface area contributed by atoms with Crippen molar-refractivity contribution in [2.45, 2.75) is 62.8 Å². The quantitative estimate of drug-likeness (QED) is 0.698. The average molecular weight is 388 g/mol. The van der Waals surface area contributed by atoms with Crippen molar-refractivity contribution >= 4 is 5.91 Å². The van der Waals surface area contributed by atoms with Crippen molar-refractivity contribution in [3.63, 3.8) is 0 Å². The van der Waals surface area contributed by atoms with E-state index in [2.05, 4.69) is 23.1 Å². The Hall–Kier alpha value is -2.29. The van der Waals surface area contributed by atoms with Crippen molar-refractivity contribution in [1.82, 2.24) is 4.90 Å². The predicted molar refractivity (Wildman–Crippen MR) is 113 cm³/mol. The van der Waals surface area contributed by atoms with Crippen LogP contribution < -0.4 is 4.74 Å². The minimum Gasteiger partial charge on any atom is -0.457 e. The van der Waals surface area contributed by atoms with E-state index in [4.69, 9.17) is 4.74 Å². The average Bonchev–Trinajstić information content (AvgIpc) is 3.60. The third-order valence-electron chi connectivity index (χ3n) is 8.00. The Labute approximate surface area is 173 Å². The third-order valence-corrected chi connectivity index (χ3v) is 8.00. The highest BCUT2D eigenvalue weighted by Crippen LogP contribution is 2.56. The van der Waals surface area contributed by atoms with Crippen LogP contribution in [-0.4, -0.2) is 23.4 Å². The lowest BCUT2D eigenvalue weighted by atomic mass is 9.52. The minimum atomic E-state index is 0.243. The fraction of sp³-hybridized carbons (Fsp3) is 0.500. The van der Waals surface area contributed by atoms with Crippen LogP contribution in [0.15, 0.2) is 48.5 Å². The molecule has 1 aliphatic heterocycles. The maximum Gasteiger partial charge on any atom is 0.225 e. The number of carbonyl (C=O) groups excluding carboxylic acids is 1. The molecule has 2 aromatic rings. The summed E-state index contributed by atoms with van der Waals surface area (Å²) in [5.74, 6) is 3.23. The van der Waals surface area contributed by atoms with Crippen LogP contribution in [-0.2, 0) is 16.6 Å². The number of piperidine rings is 1. The Morgan fingerprint density at radius 1 is 0.966 bits per heavy atom. The summed E-state index contributed by atoms with van der Waals surface area (Å²) in [6, 6.07) is 17.2. The normalized spacial score (nSPS) is 30.3. The van der Waals surface area contributed by atoms with Gasteiger partial charge in [0.15, 0.2) is 0 Å². The number of rotatable bonds is 3. The van der Waals surface area contributed by atoms with Crippen LogP contribution in [0.2, 0.25) is 0 Å². The van der Waals surface area contributed by atoms with Crippen molar-refractivity contribution in [1.29, 1.82) is 0 Å². The molecular weight excluding hydrogens is 358 g/mol. The number of benzene rings is 2. The summed E-state index contributed by atoms with van der Waals surface area (Å²) >= 11 is 0. The molecule has 4 aliphatic rings. The van der Waals surface area contributed by atoms with Gasteiger partial charge in [0.05, 0.1) is 0 Å². The number of fused-ring (bicyclic) bond motifs is 1. The van der Waals surface area contributed by atoms with Gasteiger partial charge in [-0.3, -0.25) is 4.79 Å². The highest BCUT2D eigenvalue weighted by atomic mass is 16.5. The van der Waals surface area contributed by atoms with Gasteiger partial charge in [-0.15, -0.1) is 0 Å². The zero-order valence-electron chi connectivity index (χ0n) is 17.0. The summed E-state index contributed by atoms with van der Waals surface area (Å²) < 4.78 is 6.19. The topological polar surface area (TPSA) is 29.5 Å². The second-order valence-electron chi connectivity index (χ2n) is 9.57. The van der Waals surface area contributed by atoms with E-state index in [0.717, 1.165) is 43.7 Å². The molecule has 0 aromatic heterocycles. The van der Waals surface area contributed by atoms with E-state index in [1.807, 2.05) is 30.3 Å². The highest BCUT2D eigenvalue weighted by Gasteiger charge is 2.55. The van der Waals surface area contributed by atoms with Gasteiger partial charge in [0.25, 0.3) is 0 Å². The maximum absolute atomic E-state index is 13.0. The van der Waals surface area contributed by atoms with E-state index in [1.54, 1.807) is 0 Å². The lowest BCUT2D eigenvalue weighted by Crippen LogP contribution is -2.62. The molecule has 1 amide bonds. The monoisotopic (exact) mass is 387 g/mol. The standard InChI is InChI=1S/C26H29NO2/c28-25(18-9-10-18)27-15-14-26-13-5-4-8-22(26)24(27)16-19-11-12-21(17-23(19)26)29-20-6-2-1-3-7-20/h1-3,6-7,11-12,17-18,22,24H,4-5,8-10,13-16H2/t22-,24+,26+/m0/s1. The van der Waals surface area contributed by atoms with Gasteiger partial charge in [-0.05, 0) is 79.8 Å². The van der Waals surface area contributed by atoms with Crippen molar-refractivity contribution in [3.8, 4) is 11.5 Å². The second-order valence-corrected chi connectivity index (χ2v) is 9.57. The number of amides is 1. The molecule has 0 spiro atoms. The van der Waals surface area contributed by atoms with Gasteiger partial charge in [-0.2, -0.15) is 0 Å². The van der Waals surface area contributed by atoms with Gasteiger partial charge in [0, 0.05) is 23.9 Å². The van der Waals surface area contributed by atoms with Crippen molar-refractivity contribution in [2.24, 2.45) is 11.8 Å². The fourth-order valence-electron chi connectivity index (χ4n) is 6.51. The summed E-state index contributed by atoms with van der Waals surface area (Å²) in [7, 11) is 0. The Balaban J connectivity index is 1.38. The fourth-order valence-corrected chi connectivity index (χ4v) is 6.51. The van der Waals surface area contributed by atoms with Gasteiger partial charge in [-0.25, -0.2) is 0 Å². The van der Waals surface area contributed by atoms with Crippen molar-refractivity contribution in [3.05, 3.63) is 59.7 Å². The van der Waals surface area contributed by atoms with Crippen LogP contribution in [0.3, 0.4) is 0 Å². The molecule has 3 heteroatoms. The molecule has 1 heterocycles. The minimum absolute atomic E-state index is 0.243. The Bertz CT molecular complexity index is 935. The first-order chi connectivity index (χ1) is 14.2. The molecule has 3 fully saturated rings.